The lowest BCUT2D eigenvalue weighted by Gasteiger charge is -2.20. The molecule has 1 N–H and O–H groups in total. The molecular weight excluding hydrogens is 338 g/mol. The van der Waals surface area contributed by atoms with Crippen molar-refractivity contribution in [3.63, 3.8) is 0 Å². The van der Waals surface area contributed by atoms with E-state index in [1.807, 2.05) is 37.3 Å². The van der Waals surface area contributed by atoms with Gasteiger partial charge < -0.3 is 4.74 Å². The van der Waals surface area contributed by atoms with Gasteiger partial charge in [0, 0.05) is 12.0 Å². The number of H-pyrrole nitrogens is 1. The van der Waals surface area contributed by atoms with Crippen molar-refractivity contribution in [2.24, 2.45) is 5.92 Å². The Kier molecular flexibility index (Phi) is 5.22. The summed E-state index contributed by atoms with van der Waals surface area (Å²) < 4.78 is 5.39. The first-order valence-corrected chi connectivity index (χ1v) is 9.37. The van der Waals surface area contributed by atoms with Crippen LogP contribution < -0.4 is 0 Å². The summed E-state index contributed by atoms with van der Waals surface area (Å²) in [6.45, 7) is 3.73. The van der Waals surface area contributed by atoms with E-state index < -0.39 is 5.60 Å². The number of esters is 1. The minimum Gasteiger partial charge on any atom is -0.451 e. The van der Waals surface area contributed by atoms with E-state index in [1.54, 1.807) is 6.92 Å². The van der Waals surface area contributed by atoms with Gasteiger partial charge in [0.25, 0.3) is 0 Å². The van der Waals surface area contributed by atoms with Crippen LogP contribution in [-0.2, 0) is 14.3 Å². The van der Waals surface area contributed by atoms with E-state index in [-0.39, 0.29) is 23.4 Å². The zero-order valence-corrected chi connectivity index (χ0v) is 15.1. The molecule has 1 aliphatic heterocycles. The van der Waals surface area contributed by atoms with Crippen LogP contribution in [0.3, 0.4) is 0 Å². The highest BCUT2D eigenvalue weighted by Gasteiger charge is 2.47. The first kappa shape index (κ1) is 17.7. The predicted octanol–water partition coefficient (Wildman–Crippen LogP) is 3.25. The smallest absolute Gasteiger partial charge is 0.310 e. The van der Waals surface area contributed by atoms with Crippen molar-refractivity contribution in [3.8, 4) is 11.4 Å². The topological polar surface area (TPSA) is 84.9 Å². The highest BCUT2D eigenvalue weighted by atomic mass is 32.2. The Bertz CT molecular complexity index is 762. The fourth-order valence-corrected chi connectivity index (χ4v) is 3.79. The van der Waals surface area contributed by atoms with Gasteiger partial charge in [-0.3, -0.25) is 14.7 Å². The predicted molar refractivity (Wildman–Crippen MR) is 95.1 cm³/mol. The standard InChI is InChI=1S/C18H21N3O3S/c1-3-7-13-10-18(2,24-16(13)23)14(22)11-25-17-19-15(20-21-17)12-8-5-4-6-9-12/h4-6,8-9,13H,3,7,10-11H2,1-2H3,(H,19,20,21)/t13-,18+/m0/s1. The molecule has 1 aliphatic rings. The normalized spacial score (nSPS) is 22.8. The van der Waals surface area contributed by atoms with Crippen molar-refractivity contribution < 1.29 is 14.3 Å². The molecule has 25 heavy (non-hydrogen) atoms. The number of nitrogens with zero attached hydrogens (tertiary/aromatic N) is 2. The molecule has 132 valence electrons. The van der Waals surface area contributed by atoms with Crippen molar-refractivity contribution in [3.05, 3.63) is 30.3 Å². The van der Waals surface area contributed by atoms with Gasteiger partial charge in [-0.1, -0.05) is 55.4 Å². The maximum absolute atomic E-state index is 12.5. The van der Waals surface area contributed by atoms with Crippen molar-refractivity contribution >= 4 is 23.5 Å². The van der Waals surface area contributed by atoms with E-state index in [9.17, 15) is 9.59 Å². The number of hydrogen-bond donors (Lipinski definition) is 1. The maximum atomic E-state index is 12.5. The lowest BCUT2D eigenvalue weighted by Crippen LogP contribution is -2.36. The van der Waals surface area contributed by atoms with E-state index in [0.29, 0.717) is 17.4 Å². The molecule has 0 amide bonds. The number of Topliss-reactive ketones (excluding diaryl/α,β-unsaturated/α-hetero) is 1. The van der Waals surface area contributed by atoms with Crippen LogP contribution in [0.2, 0.25) is 0 Å². The van der Waals surface area contributed by atoms with Crippen molar-refractivity contribution in [2.45, 2.75) is 43.9 Å². The van der Waals surface area contributed by atoms with Crippen LogP contribution in [-0.4, -0.2) is 38.3 Å². The summed E-state index contributed by atoms with van der Waals surface area (Å²) in [5.41, 5.74) is -0.0880. The number of carbonyl (C=O) groups is 2. The second-order valence-corrected chi connectivity index (χ2v) is 7.33. The Balaban J connectivity index is 1.60. The van der Waals surface area contributed by atoms with E-state index in [0.717, 1.165) is 18.4 Å². The number of hydrogen-bond acceptors (Lipinski definition) is 6. The van der Waals surface area contributed by atoms with Crippen molar-refractivity contribution in [1.82, 2.24) is 15.2 Å². The molecule has 1 fully saturated rings. The lowest BCUT2D eigenvalue weighted by molar-refractivity contribution is -0.156. The summed E-state index contributed by atoms with van der Waals surface area (Å²) in [5, 5.41) is 7.52. The average molecular weight is 359 g/mol. The minimum absolute atomic E-state index is 0.101. The second-order valence-electron chi connectivity index (χ2n) is 6.39. The molecule has 6 nitrogen and oxygen atoms in total. The third-order valence-electron chi connectivity index (χ3n) is 4.37. The summed E-state index contributed by atoms with van der Waals surface area (Å²) in [6, 6.07) is 9.66. The summed E-state index contributed by atoms with van der Waals surface area (Å²) in [7, 11) is 0. The number of benzene rings is 1. The van der Waals surface area contributed by atoms with Crippen LogP contribution in [0.25, 0.3) is 11.4 Å². The molecule has 1 saturated heterocycles. The molecule has 0 radical (unpaired) electrons. The molecule has 2 atom stereocenters. The zero-order valence-electron chi connectivity index (χ0n) is 14.3. The summed E-state index contributed by atoms with van der Waals surface area (Å²) in [6.07, 6.45) is 2.12. The molecule has 0 saturated carbocycles. The molecule has 7 heteroatoms. The fourth-order valence-electron chi connectivity index (χ4n) is 2.96. The van der Waals surface area contributed by atoms with Crippen LogP contribution in [0.4, 0.5) is 0 Å². The second kappa shape index (κ2) is 7.39. The van der Waals surface area contributed by atoms with E-state index in [1.165, 1.54) is 11.8 Å². The average Bonchev–Trinajstić information content (AvgIpc) is 3.19. The first-order valence-electron chi connectivity index (χ1n) is 8.38. The van der Waals surface area contributed by atoms with Crippen molar-refractivity contribution in [2.75, 3.05) is 5.75 Å². The largest absolute Gasteiger partial charge is 0.451 e. The lowest BCUT2D eigenvalue weighted by atomic mass is 9.90. The van der Waals surface area contributed by atoms with Gasteiger partial charge in [0.1, 0.15) is 0 Å². The SMILES string of the molecule is CCC[C@H]1C[C@](C)(C(=O)CSc2n[nH]c(-c3ccccc3)n2)OC1=O. The minimum atomic E-state index is -1.03. The number of cyclic esters (lactones) is 1. The molecule has 0 bridgehead atoms. The van der Waals surface area contributed by atoms with Crippen LogP contribution >= 0.6 is 11.8 Å². The van der Waals surface area contributed by atoms with Gasteiger partial charge >= 0.3 is 5.97 Å². The third-order valence-corrected chi connectivity index (χ3v) is 5.21. The van der Waals surface area contributed by atoms with Crippen LogP contribution in [0.1, 0.15) is 33.1 Å². The Hall–Kier alpha value is -2.15. The van der Waals surface area contributed by atoms with Gasteiger partial charge in [0.2, 0.25) is 5.16 Å². The van der Waals surface area contributed by atoms with Crippen LogP contribution in [0, 0.1) is 5.92 Å². The van der Waals surface area contributed by atoms with Gasteiger partial charge in [0.05, 0.1) is 11.7 Å². The number of thioether (sulfide) groups is 1. The number of rotatable bonds is 7. The molecule has 0 spiro atoms. The van der Waals surface area contributed by atoms with E-state index in [2.05, 4.69) is 15.2 Å². The maximum Gasteiger partial charge on any atom is 0.310 e. The molecule has 0 unspecified atom stereocenters. The Labute approximate surface area is 150 Å². The van der Waals surface area contributed by atoms with Gasteiger partial charge in [-0.05, 0) is 13.3 Å². The van der Waals surface area contributed by atoms with E-state index >= 15 is 0 Å². The first-order chi connectivity index (χ1) is 12.0. The molecule has 0 aliphatic carbocycles. The molecule has 1 aromatic heterocycles. The number of ketones is 1. The Morgan fingerprint density at radius 2 is 2.16 bits per heavy atom. The van der Waals surface area contributed by atoms with Gasteiger partial charge in [-0.25, -0.2) is 4.98 Å². The number of ether oxygens (including phenoxy) is 1. The number of carbonyl (C=O) groups excluding carboxylic acids is 2. The van der Waals surface area contributed by atoms with Crippen LogP contribution in [0.15, 0.2) is 35.5 Å². The molecule has 1 aromatic carbocycles. The van der Waals surface area contributed by atoms with Crippen molar-refractivity contribution in [1.29, 1.82) is 0 Å². The van der Waals surface area contributed by atoms with Crippen LogP contribution in [0.5, 0.6) is 0 Å². The molecule has 2 aromatic rings. The van der Waals surface area contributed by atoms with E-state index in [4.69, 9.17) is 4.74 Å². The number of aromatic nitrogens is 3. The highest BCUT2D eigenvalue weighted by Crippen LogP contribution is 2.35. The molecule has 2 heterocycles. The Morgan fingerprint density at radius 1 is 1.40 bits per heavy atom. The van der Waals surface area contributed by atoms with Gasteiger partial charge in [-0.15, -0.1) is 5.10 Å². The number of nitrogens with one attached hydrogen (secondary N) is 1. The summed E-state index contributed by atoms with van der Waals surface area (Å²) in [4.78, 5) is 28.9. The van der Waals surface area contributed by atoms with Gasteiger partial charge in [-0.2, -0.15) is 0 Å². The van der Waals surface area contributed by atoms with Gasteiger partial charge in [0.15, 0.2) is 17.2 Å². The zero-order chi connectivity index (χ0) is 17.9. The monoisotopic (exact) mass is 359 g/mol. The Morgan fingerprint density at radius 3 is 2.88 bits per heavy atom. The molecular formula is C18H21N3O3S. The quantitative estimate of drug-likeness (QED) is 0.603. The third kappa shape index (κ3) is 3.92. The summed E-state index contributed by atoms with van der Waals surface area (Å²) in [5.74, 6) is 0.311. The molecule has 3 rings (SSSR count). The summed E-state index contributed by atoms with van der Waals surface area (Å²) >= 11 is 1.25. The number of aromatic amines is 1. The fraction of sp³-hybridized carbons (Fsp3) is 0.444. The highest BCUT2D eigenvalue weighted by molar-refractivity contribution is 7.99.